The highest BCUT2D eigenvalue weighted by molar-refractivity contribution is 9.10. The van der Waals surface area contributed by atoms with Gasteiger partial charge in [-0.3, -0.25) is 10.1 Å². The van der Waals surface area contributed by atoms with Gasteiger partial charge in [0.2, 0.25) is 5.91 Å². The molecule has 0 spiro atoms. The van der Waals surface area contributed by atoms with Crippen LogP contribution in [0.2, 0.25) is 0 Å². The predicted octanol–water partition coefficient (Wildman–Crippen LogP) is 4.60. The quantitative estimate of drug-likeness (QED) is 0.596. The third-order valence-electron chi connectivity index (χ3n) is 4.18. The first-order valence-corrected chi connectivity index (χ1v) is 9.30. The Labute approximate surface area is 161 Å². The van der Waals surface area contributed by atoms with Crippen molar-refractivity contribution in [2.24, 2.45) is 0 Å². The van der Waals surface area contributed by atoms with Crippen LogP contribution in [0.4, 0.5) is 0 Å². The average molecular weight is 413 g/mol. The van der Waals surface area contributed by atoms with Gasteiger partial charge < -0.3 is 9.73 Å². The second kappa shape index (κ2) is 8.83. The summed E-state index contributed by atoms with van der Waals surface area (Å²) in [4.78, 5) is 12.4. The van der Waals surface area contributed by atoms with E-state index in [1.807, 2.05) is 73.7 Å². The maximum absolute atomic E-state index is 12.4. The Morgan fingerprint density at radius 1 is 1.04 bits per heavy atom. The molecule has 0 fully saturated rings. The van der Waals surface area contributed by atoms with Gasteiger partial charge in [0.1, 0.15) is 5.76 Å². The zero-order valence-electron chi connectivity index (χ0n) is 14.5. The number of hydrogen-bond donors (Lipinski definition) is 2. The van der Waals surface area contributed by atoms with Crippen LogP contribution in [0.25, 0.3) is 0 Å². The third-order valence-corrected chi connectivity index (χ3v) is 4.90. The van der Waals surface area contributed by atoms with E-state index in [9.17, 15) is 4.79 Å². The van der Waals surface area contributed by atoms with Crippen molar-refractivity contribution in [3.05, 3.63) is 94.4 Å². The lowest BCUT2D eigenvalue weighted by Crippen LogP contribution is -2.37. The van der Waals surface area contributed by atoms with Crippen LogP contribution in [0.15, 0.2) is 81.9 Å². The maximum Gasteiger partial charge on any atom is 0.234 e. The third kappa shape index (κ3) is 4.62. The van der Waals surface area contributed by atoms with E-state index in [-0.39, 0.29) is 24.5 Å². The summed E-state index contributed by atoms with van der Waals surface area (Å²) in [7, 11) is 0. The Kier molecular flexibility index (Phi) is 6.26. The number of carbonyl (C=O) groups excluding carboxylic acids is 1. The maximum atomic E-state index is 12.4. The smallest absolute Gasteiger partial charge is 0.234 e. The molecule has 2 N–H and O–H groups in total. The molecule has 2 aromatic carbocycles. The molecule has 26 heavy (non-hydrogen) atoms. The molecule has 4 nitrogen and oxygen atoms in total. The number of carbonyl (C=O) groups is 1. The molecule has 3 rings (SSSR count). The molecule has 0 aliphatic heterocycles. The van der Waals surface area contributed by atoms with Gasteiger partial charge in [0.15, 0.2) is 0 Å². The van der Waals surface area contributed by atoms with E-state index in [1.165, 1.54) is 0 Å². The van der Waals surface area contributed by atoms with Gasteiger partial charge in [-0.2, -0.15) is 0 Å². The van der Waals surface area contributed by atoms with E-state index >= 15 is 0 Å². The van der Waals surface area contributed by atoms with Crippen molar-refractivity contribution in [2.75, 3.05) is 6.54 Å². The molecule has 0 saturated heterocycles. The second-order valence-electron chi connectivity index (χ2n) is 6.05. The molecular formula is C21H21BrN2O2. The molecule has 1 heterocycles. The van der Waals surface area contributed by atoms with Crippen molar-refractivity contribution in [1.29, 1.82) is 0 Å². The highest BCUT2D eigenvalue weighted by Crippen LogP contribution is 2.23. The molecule has 0 saturated carbocycles. The summed E-state index contributed by atoms with van der Waals surface area (Å²) in [6, 6.07) is 21.3. The first kappa shape index (κ1) is 18.4. The molecule has 0 aliphatic rings. The summed E-state index contributed by atoms with van der Waals surface area (Å²) in [6.07, 6.45) is 1.64. The minimum absolute atomic E-state index is 0.0688. The lowest BCUT2D eigenvalue weighted by molar-refractivity contribution is -0.121. The molecule has 0 aliphatic carbocycles. The van der Waals surface area contributed by atoms with E-state index in [0.717, 1.165) is 21.4 Å². The van der Waals surface area contributed by atoms with Crippen molar-refractivity contribution in [3.63, 3.8) is 0 Å². The van der Waals surface area contributed by atoms with Gasteiger partial charge in [0, 0.05) is 4.47 Å². The molecule has 1 aromatic heterocycles. The van der Waals surface area contributed by atoms with E-state index in [2.05, 4.69) is 26.6 Å². The Hall–Kier alpha value is -2.37. The van der Waals surface area contributed by atoms with Crippen molar-refractivity contribution < 1.29 is 9.21 Å². The lowest BCUT2D eigenvalue weighted by Gasteiger charge is -2.19. The summed E-state index contributed by atoms with van der Waals surface area (Å²) in [5, 5.41) is 6.32. The van der Waals surface area contributed by atoms with Gasteiger partial charge in [0.25, 0.3) is 0 Å². The summed E-state index contributed by atoms with van der Waals surface area (Å²) < 4.78 is 6.53. The predicted molar refractivity (Wildman–Crippen MR) is 106 cm³/mol. The van der Waals surface area contributed by atoms with Crippen molar-refractivity contribution >= 4 is 21.8 Å². The summed E-state index contributed by atoms with van der Waals surface area (Å²) >= 11 is 3.53. The fraction of sp³-hybridized carbons (Fsp3) is 0.190. The van der Waals surface area contributed by atoms with Crippen LogP contribution in [0, 0.1) is 0 Å². The number of nitrogens with one attached hydrogen (secondary N) is 2. The Morgan fingerprint density at radius 2 is 1.77 bits per heavy atom. The zero-order valence-corrected chi connectivity index (χ0v) is 16.1. The van der Waals surface area contributed by atoms with Crippen molar-refractivity contribution in [2.45, 2.75) is 19.0 Å². The molecule has 134 valence electrons. The Morgan fingerprint density at radius 3 is 2.46 bits per heavy atom. The molecule has 5 heteroatoms. The first-order chi connectivity index (χ1) is 12.6. The van der Waals surface area contributed by atoms with Crippen LogP contribution < -0.4 is 10.6 Å². The van der Waals surface area contributed by atoms with Gasteiger partial charge in [-0.25, -0.2) is 0 Å². The number of hydrogen-bond acceptors (Lipinski definition) is 3. The van der Waals surface area contributed by atoms with Crippen LogP contribution in [0.5, 0.6) is 0 Å². The lowest BCUT2D eigenvalue weighted by atomic mass is 10.0. The molecule has 0 unspecified atom stereocenters. The largest absolute Gasteiger partial charge is 0.467 e. The molecule has 0 radical (unpaired) electrons. The normalized spacial score (nSPS) is 13.2. The SMILES string of the molecule is C[C@@H](NC(=O)CN[C@@H](c1ccccc1)c1ccco1)c1ccccc1Br. The number of rotatable bonds is 7. The van der Waals surface area contributed by atoms with Gasteiger partial charge in [-0.05, 0) is 36.2 Å². The number of furan rings is 1. The average Bonchev–Trinajstić information content (AvgIpc) is 3.17. The van der Waals surface area contributed by atoms with Crippen molar-refractivity contribution in [3.8, 4) is 0 Å². The van der Waals surface area contributed by atoms with Crippen LogP contribution in [-0.4, -0.2) is 12.5 Å². The van der Waals surface area contributed by atoms with E-state index in [0.29, 0.717) is 0 Å². The van der Waals surface area contributed by atoms with Gasteiger partial charge >= 0.3 is 0 Å². The molecular weight excluding hydrogens is 392 g/mol. The molecule has 0 bridgehead atoms. The van der Waals surface area contributed by atoms with Gasteiger partial charge in [-0.15, -0.1) is 0 Å². The fourth-order valence-electron chi connectivity index (χ4n) is 2.88. The summed E-state index contributed by atoms with van der Waals surface area (Å²) in [5.74, 6) is 0.712. The second-order valence-corrected chi connectivity index (χ2v) is 6.91. The summed E-state index contributed by atoms with van der Waals surface area (Å²) in [5.41, 5.74) is 2.10. The molecule has 2 atom stereocenters. The van der Waals surface area contributed by atoms with Crippen LogP contribution in [0.1, 0.15) is 35.9 Å². The van der Waals surface area contributed by atoms with Crippen LogP contribution in [0.3, 0.4) is 0 Å². The van der Waals surface area contributed by atoms with E-state index in [1.54, 1.807) is 6.26 Å². The van der Waals surface area contributed by atoms with E-state index in [4.69, 9.17) is 4.42 Å². The minimum atomic E-state index is -0.171. The fourth-order valence-corrected chi connectivity index (χ4v) is 3.50. The topological polar surface area (TPSA) is 54.3 Å². The molecule has 3 aromatic rings. The minimum Gasteiger partial charge on any atom is -0.467 e. The number of amides is 1. The van der Waals surface area contributed by atoms with E-state index < -0.39 is 0 Å². The molecule has 1 amide bonds. The summed E-state index contributed by atoms with van der Waals surface area (Å²) in [6.45, 7) is 2.16. The highest BCUT2D eigenvalue weighted by atomic mass is 79.9. The van der Waals surface area contributed by atoms with Gasteiger partial charge in [-0.1, -0.05) is 64.5 Å². The van der Waals surface area contributed by atoms with Crippen LogP contribution >= 0.6 is 15.9 Å². The van der Waals surface area contributed by atoms with Crippen molar-refractivity contribution in [1.82, 2.24) is 10.6 Å². The van der Waals surface area contributed by atoms with Gasteiger partial charge in [0.05, 0.1) is 24.9 Å². The van der Waals surface area contributed by atoms with Crippen LogP contribution in [-0.2, 0) is 4.79 Å². The zero-order chi connectivity index (χ0) is 18.4. The number of benzene rings is 2. The first-order valence-electron chi connectivity index (χ1n) is 8.50. The highest BCUT2D eigenvalue weighted by Gasteiger charge is 2.18. The monoisotopic (exact) mass is 412 g/mol. The standard InChI is InChI=1S/C21H21BrN2O2/c1-15(17-10-5-6-11-18(17)22)24-20(25)14-23-21(19-12-7-13-26-19)16-8-3-2-4-9-16/h2-13,15,21,23H,14H2,1H3,(H,24,25)/t15-,21+/m1/s1. The Bertz CT molecular complexity index is 834. The Balaban J connectivity index is 1.64. The number of halogens is 1.